The molecule has 6 heteroatoms. The van der Waals surface area contributed by atoms with Crippen LogP contribution in [0.3, 0.4) is 0 Å². The van der Waals surface area contributed by atoms with Gasteiger partial charge < -0.3 is 29.9 Å². The molecule has 0 bridgehead atoms. The topological polar surface area (TPSA) is 99.4 Å². The van der Waals surface area contributed by atoms with E-state index in [1.807, 2.05) is 6.92 Å². The molecule has 1 aliphatic rings. The van der Waals surface area contributed by atoms with Crippen LogP contribution in [0.25, 0.3) is 0 Å². The Bertz CT molecular complexity index is 183. The minimum absolute atomic E-state index is 0.191. The largest absolute Gasteiger partial charge is 0.388 e. The van der Waals surface area contributed by atoms with E-state index in [9.17, 15) is 15.3 Å². The summed E-state index contributed by atoms with van der Waals surface area (Å²) < 4.78 is 9.60. The number of ether oxygens (including phenoxy) is 2. The van der Waals surface area contributed by atoms with Gasteiger partial charge in [-0.25, -0.2) is 0 Å². The molecule has 0 radical (unpaired) electrons. The smallest absolute Gasteiger partial charge is 0.310 e. The predicted octanol–water partition coefficient (Wildman–Crippen LogP) is -1.83. The standard InChI is InChI=1S/C8H16O6/c1-2-3-13-8(12)7(11)6(10)5(9)4-14-8/h5-7,9-12H,2-4H2,1H3/t5-,6-,7+,8+/m1/s1. The molecule has 0 saturated carbocycles. The van der Waals surface area contributed by atoms with Gasteiger partial charge in [-0.3, -0.25) is 0 Å². The maximum atomic E-state index is 9.59. The van der Waals surface area contributed by atoms with Crippen molar-refractivity contribution in [3.8, 4) is 0 Å². The highest BCUT2D eigenvalue weighted by Crippen LogP contribution is 2.25. The van der Waals surface area contributed by atoms with Gasteiger partial charge >= 0.3 is 5.97 Å². The van der Waals surface area contributed by atoms with Crippen molar-refractivity contribution >= 4 is 0 Å². The van der Waals surface area contributed by atoms with Crippen molar-refractivity contribution in [2.45, 2.75) is 37.6 Å². The maximum absolute atomic E-state index is 9.59. The molecule has 0 unspecified atom stereocenters. The van der Waals surface area contributed by atoms with E-state index in [-0.39, 0.29) is 13.2 Å². The number of rotatable bonds is 3. The van der Waals surface area contributed by atoms with Crippen molar-refractivity contribution in [1.29, 1.82) is 0 Å². The Labute approximate surface area is 81.7 Å². The third-order valence-electron chi connectivity index (χ3n) is 2.07. The van der Waals surface area contributed by atoms with Gasteiger partial charge in [-0.2, -0.15) is 0 Å². The van der Waals surface area contributed by atoms with Gasteiger partial charge in [0, 0.05) is 0 Å². The molecular formula is C8H16O6. The van der Waals surface area contributed by atoms with Crippen LogP contribution in [0, 0.1) is 0 Å². The van der Waals surface area contributed by atoms with Crippen molar-refractivity contribution in [1.82, 2.24) is 0 Å². The first-order valence-electron chi connectivity index (χ1n) is 4.55. The van der Waals surface area contributed by atoms with Gasteiger partial charge in [-0.1, -0.05) is 6.92 Å². The number of hydrogen-bond acceptors (Lipinski definition) is 6. The van der Waals surface area contributed by atoms with E-state index in [1.54, 1.807) is 0 Å². The van der Waals surface area contributed by atoms with E-state index in [0.29, 0.717) is 6.42 Å². The highest BCUT2D eigenvalue weighted by molar-refractivity contribution is 4.86. The molecule has 0 aromatic carbocycles. The van der Waals surface area contributed by atoms with E-state index in [4.69, 9.17) is 14.6 Å². The Morgan fingerprint density at radius 1 is 1.43 bits per heavy atom. The zero-order chi connectivity index (χ0) is 10.8. The summed E-state index contributed by atoms with van der Waals surface area (Å²) in [6.45, 7) is 1.73. The molecule has 1 fully saturated rings. The first-order valence-corrected chi connectivity index (χ1v) is 4.55. The number of aliphatic hydroxyl groups is 4. The van der Waals surface area contributed by atoms with Crippen LogP contribution in [0.2, 0.25) is 0 Å². The Morgan fingerprint density at radius 2 is 2.07 bits per heavy atom. The molecule has 0 amide bonds. The Morgan fingerprint density at radius 3 is 2.64 bits per heavy atom. The maximum Gasteiger partial charge on any atom is 0.310 e. The molecule has 1 rings (SSSR count). The van der Waals surface area contributed by atoms with Crippen LogP contribution in [0.15, 0.2) is 0 Å². The van der Waals surface area contributed by atoms with Crippen LogP contribution in [-0.2, 0) is 9.47 Å². The summed E-state index contributed by atoms with van der Waals surface area (Å²) in [5.41, 5.74) is 0. The lowest BCUT2D eigenvalue weighted by molar-refractivity contribution is -0.430. The van der Waals surface area contributed by atoms with Gasteiger partial charge in [0.1, 0.15) is 12.2 Å². The quantitative estimate of drug-likeness (QED) is 0.407. The van der Waals surface area contributed by atoms with E-state index >= 15 is 0 Å². The van der Waals surface area contributed by atoms with E-state index in [0.717, 1.165) is 0 Å². The lowest BCUT2D eigenvalue weighted by atomic mass is 10.0. The summed E-state index contributed by atoms with van der Waals surface area (Å²) in [5, 5.41) is 37.3. The summed E-state index contributed by atoms with van der Waals surface area (Å²) in [6, 6.07) is 0. The number of aliphatic hydroxyl groups excluding tert-OH is 3. The summed E-state index contributed by atoms with van der Waals surface area (Å²) in [7, 11) is 0. The van der Waals surface area contributed by atoms with E-state index < -0.39 is 24.3 Å². The molecule has 0 aromatic rings. The highest BCUT2D eigenvalue weighted by Gasteiger charge is 2.49. The van der Waals surface area contributed by atoms with Gasteiger partial charge in [0.05, 0.1) is 13.2 Å². The number of hydrogen-bond donors (Lipinski definition) is 4. The SMILES string of the molecule is CCCO[C@]1(O)OC[C@@H](O)[C@@H](O)[C@@H]1O. The normalized spacial score (nSPS) is 43.9. The summed E-state index contributed by atoms with van der Waals surface area (Å²) in [4.78, 5) is 0. The summed E-state index contributed by atoms with van der Waals surface area (Å²) in [6.07, 6.45) is -3.71. The molecular weight excluding hydrogens is 192 g/mol. The van der Waals surface area contributed by atoms with Gasteiger partial charge in [0.15, 0.2) is 6.10 Å². The molecule has 84 valence electrons. The molecule has 0 spiro atoms. The fourth-order valence-electron chi connectivity index (χ4n) is 1.19. The van der Waals surface area contributed by atoms with E-state index in [1.165, 1.54) is 0 Å². The Kier molecular flexibility index (Phi) is 3.82. The van der Waals surface area contributed by atoms with Crippen LogP contribution in [0.5, 0.6) is 0 Å². The van der Waals surface area contributed by atoms with E-state index in [2.05, 4.69) is 0 Å². The first kappa shape index (κ1) is 11.8. The zero-order valence-corrected chi connectivity index (χ0v) is 7.96. The molecule has 0 aromatic heterocycles. The second kappa shape index (κ2) is 4.52. The van der Waals surface area contributed by atoms with Gasteiger partial charge in [-0.15, -0.1) is 0 Å². The van der Waals surface area contributed by atoms with Crippen molar-refractivity contribution in [2.75, 3.05) is 13.2 Å². The van der Waals surface area contributed by atoms with Crippen molar-refractivity contribution in [3.63, 3.8) is 0 Å². The average Bonchev–Trinajstić information content (AvgIpc) is 2.19. The third kappa shape index (κ3) is 2.22. The minimum atomic E-state index is -2.21. The fourth-order valence-corrected chi connectivity index (χ4v) is 1.19. The second-order valence-corrected chi connectivity index (χ2v) is 3.29. The minimum Gasteiger partial charge on any atom is -0.388 e. The Balaban J connectivity index is 2.60. The highest BCUT2D eigenvalue weighted by atomic mass is 16.8. The molecule has 1 aliphatic heterocycles. The molecule has 4 N–H and O–H groups in total. The second-order valence-electron chi connectivity index (χ2n) is 3.29. The van der Waals surface area contributed by atoms with Gasteiger partial charge in [0.25, 0.3) is 0 Å². The van der Waals surface area contributed by atoms with Crippen LogP contribution in [0.4, 0.5) is 0 Å². The molecule has 1 heterocycles. The lowest BCUT2D eigenvalue weighted by Gasteiger charge is -2.40. The molecule has 14 heavy (non-hydrogen) atoms. The van der Waals surface area contributed by atoms with Crippen molar-refractivity contribution < 1.29 is 29.9 Å². The monoisotopic (exact) mass is 208 g/mol. The molecule has 0 aliphatic carbocycles. The molecule has 6 nitrogen and oxygen atoms in total. The predicted molar refractivity (Wildman–Crippen MR) is 45.2 cm³/mol. The van der Waals surface area contributed by atoms with Crippen molar-refractivity contribution in [2.24, 2.45) is 0 Å². The van der Waals surface area contributed by atoms with Crippen LogP contribution in [-0.4, -0.2) is 57.9 Å². The van der Waals surface area contributed by atoms with Gasteiger partial charge in [-0.05, 0) is 6.42 Å². The summed E-state index contributed by atoms with van der Waals surface area (Å²) >= 11 is 0. The summed E-state index contributed by atoms with van der Waals surface area (Å²) in [5.74, 6) is -2.21. The third-order valence-corrected chi connectivity index (χ3v) is 2.07. The van der Waals surface area contributed by atoms with Crippen LogP contribution in [0.1, 0.15) is 13.3 Å². The fraction of sp³-hybridized carbons (Fsp3) is 1.00. The van der Waals surface area contributed by atoms with Crippen LogP contribution < -0.4 is 0 Å². The van der Waals surface area contributed by atoms with Crippen molar-refractivity contribution in [3.05, 3.63) is 0 Å². The van der Waals surface area contributed by atoms with Gasteiger partial charge in [0.2, 0.25) is 0 Å². The molecule has 1 saturated heterocycles. The average molecular weight is 208 g/mol. The van der Waals surface area contributed by atoms with Crippen LogP contribution >= 0.6 is 0 Å². The first-order chi connectivity index (χ1) is 6.51. The Hall–Kier alpha value is -0.240. The molecule has 4 atom stereocenters. The lowest BCUT2D eigenvalue weighted by Crippen LogP contribution is -2.62. The zero-order valence-electron chi connectivity index (χ0n) is 7.96.